The molecule has 0 unspecified atom stereocenters. The standard InChI is InChI=1S/C31H32N2O9/c1-33(2)25-18-13-16-12-17-15(6-4-5-14-7-9-19(34)21(11-14)42-3)8-10-20(35)23(17)26(36)22(16)28(38)31(18,41)29(39)24(27(25)37)30(32)40/h4,6-11,16,18,25,34-35,37-38,41H,5,12-13H2,1-3H3,(H2,32,40)/b6-4-/t16-,18-,25+,31-/m1/s1. The molecule has 0 saturated heterocycles. The van der Waals surface area contributed by atoms with E-state index >= 15 is 0 Å². The lowest BCUT2D eigenvalue weighted by molar-refractivity contribution is -0.148. The Bertz CT molecular complexity index is 1620. The molecule has 7 N–H and O–H groups in total. The van der Waals surface area contributed by atoms with Gasteiger partial charge in [-0.1, -0.05) is 24.3 Å². The van der Waals surface area contributed by atoms with Crippen molar-refractivity contribution in [1.82, 2.24) is 4.90 Å². The summed E-state index contributed by atoms with van der Waals surface area (Å²) in [5.74, 6) is -6.51. The topological polar surface area (TPSA) is 191 Å². The summed E-state index contributed by atoms with van der Waals surface area (Å²) < 4.78 is 5.16. The Morgan fingerprint density at radius 3 is 2.45 bits per heavy atom. The van der Waals surface area contributed by atoms with Crippen molar-refractivity contribution in [3.8, 4) is 17.2 Å². The first-order valence-electron chi connectivity index (χ1n) is 13.3. The fourth-order valence-corrected chi connectivity index (χ4v) is 6.60. The quantitative estimate of drug-likeness (QED) is 0.278. The smallest absolute Gasteiger partial charge is 0.255 e. The van der Waals surface area contributed by atoms with Crippen LogP contribution in [-0.2, 0) is 22.4 Å². The van der Waals surface area contributed by atoms with E-state index < -0.39 is 58.0 Å². The fraction of sp³-hybridized carbons (Fsp3) is 0.323. The van der Waals surface area contributed by atoms with Gasteiger partial charge in [-0.3, -0.25) is 19.3 Å². The number of aromatic hydroxyl groups is 2. The van der Waals surface area contributed by atoms with Crippen LogP contribution in [0.5, 0.6) is 17.2 Å². The van der Waals surface area contributed by atoms with Gasteiger partial charge in [0.1, 0.15) is 22.8 Å². The van der Waals surface area contributed by atoms with Gasteiger partial charge in [0.2, 0.25) is 5.78 Å². The SMILES string of the molecule is COc1cc(C/C=C\c2ccc(O)c3c2C[C@@H]2C[C@@H]4[C@H](N(C)C)C(O)=C(C(N)=O)C(=O)[C@]4(O)C(O)=C2C3=O)ccc1O. The monoisotopic (exact) mass is 576 g/mol. The van der Waals surface area contributed by atoms with Crippen molar-refractivity contribution in [2.24, 2.45) is 17.6 Å². The minimum absolute atomic E-state index is 0.0118. The number of carbonyl (C=O) groups excluding carboxylic acids is 3. The Morgan fingerprint density at radius 2 is 1.81 bits per heavy atom. The number of nitrogens with zero attached hydrogens (tertiary/aromatic N) is 1. The first kappa shape index (κ1) is 28.9. The third-order valence-electron chi connectivity index (χ3n) is 8.54. The molecule has 0 spiro atoms. The summed E-state index contributed by atoms with van der Waals surface area (Å²) in [5, 5.41) is 54.5. The van der Waals surface area contributed by atoms with Crippen molar-refractivity contribution in [3.63, 3.8) is 0 Å². The number of aliphatic hydroxyl groups is 3. The highest BCUT2D eigenvalue weighted by atomic mass is 16.5. The van der Waals surface area contributed by atoms with Gasteiger partial charge in [0, 0.05) is 11.5 Å². The molecule has 0 heterocycles. The predicted octanol–water partition coefficient (Wildman–Crippen LogP) is 2.09. The number of primary amides is 1. The molecule has 0 aliphatic heterocycles. The number of hydrogen-bond acceptors (Lipinski definition) is 10. The molecule has 220 valence electrons. The molecule has 2 aromatic rings. The highest BCUT2D eigenvalue weighted by Crippen LogP contribution is 2.52. The minimum atomic E-state index is -2.68. The van der Waals surface area contributed by atoms with Crippen LogP contribution in [0, 0.1) is 11.8 Å². The molecule has 11 heteroatoms. The normalized spacial score (nSPS) is 25.5. The molecule has 5 rings (SSSR count). The Morgan fingerprint density at radius 1 is 1.12 bits per heavy atom. The van der Waals surface area contributed by atoms with Crippen LogP contribution in [0.25, 0.3) is 6.08 Å². The van der Waals surface area contributed by atoms with E-state index in [2.05, 4.69) is 0 Å². The molecule has 0 saturated carbocycles. The van der Waals surface area contributed by atoms with Gasteiger partial charge < -0.3 is 36.0 Å². The molecule has 42 heavy (non-hydrogen) atoms. The lowest BCUT2D eigenvalue weighted by Gasteiger charge is -2.50. The first-order chi connectivity index (χ1) is 19.8. The largest absolute Gasteiger partial charge is 0.510 e. The number of ether oxygens (including phenoxy) is 1. The number of Topliss-reactive ketones (excluding diaryl/α,β-unsaturated/α-hetero) is 2. The molecule has 1 amide bonds. The lowest BCUT2D eigenvalue weighted by Crippen LogP contribution is -2.63. The maximum Gasteiger partial charge on any atom is 0.255 e. The fourth-order valence-electron chi connectivity index (χ4n) is 6.60. The van der Waals surface area contributed by atoms with Gasteiger partial charge in [-0.15, -0.1) is 0 Å². The molecule has 3 aliphatic carbocycles. The number of benzene rings is 2. The summed E-state index contributed by atoms with van der Waals surface area (Å²) >= 11 is 0. The third-order valence-corrected chi connectivity index (χ3v) is 8.54. The number of hydrogen-bond donors (Lipinski definition) is 6. The third kappa shape index (κ3) is 4.24. The van der Waals surface area contributed by atoms with Crippen molar-refractivity contribution in [1.29, 1.82) is 0 Å². The second kappa shape index (κ2) is 10.3. The lowest BCUT2D eigenvalue weighted by atomic mass is 9.58. The number of phenolic OH excluding ortho intramolecular Hbond substituents is 2. The minimum Gasteiger partial charge on any atom is -0.510 e. The number of phenols is 2. The van der Waals surface area contributed by atoms with Crippen LogP contribution in [0.3, 0.4) is 0 Å². The van der Waals surface area contributed by atoms with Crippen molar-refractivity contribution >= 4 is 23.5 Å². The molecule has 3 aliphatic rings. The van der Waals surface area contributed by atoms with Gasteiger partial charge in [0.05, 0.1) is 18.7 Å². The summed E-state index contributed by atoms with van der Waals surface area (Å²) in [5.41, 5.74) is 3.65. The Kier molecular flexibility index (Phi) is 7.12. The average Bonchev–Trinajstić information content (AvgIpc) is 2.92. The summed E-state index contributed by atoms with van der Waals surface area (Å²) in [6, 6.07) is 6.96. The molecule has 0 fully saturated rings. The Balaban J connectivity index is 1.57. The van der Waals surface area contributed by atoms with E-state index in [4.69, 9.17) is 10.5 Å². The zero-order chi connectivity index (χ0) is 30.7. The number of aliphatic hydroxyl groups excluding tert-OH is 2. The van der Waals surface area contributed by atoms with Crippen LogP contribution < -0.4 is 10.5 Å². The van der Waals surface area contributed by atoms with E-state index in [0.717, 1.165) is 5.56 Å². The summed E-state index contributed by atoms with van der Waals surface area (Å²) in [6.07, 6.45) is 4.35. The molecule has 2 aromatic carbocycles. The van der Waals surface area contributed by atoms with Crippen LogP contribution in [0.1, 0.15) is 33.5 Å². The number of methoxy groups -OCH3 is 1. The van der Waals surface area contributed by atoms with Gasteiger partial charge in [-0.05, 0) is 74.2 Å². The van der Waals surface area contributed by atoms with Crippen LogP contribution >= 0.6 is 0 Å². The second-order valence-corrected chi connectivity index (χ2v) is 11.1. The van der Waals surface area contributed by atoms with Crippen LogP contribution in [0.2, 0.25) is 0 Å². The van der Waals surface area contributed by atoms with Crippen molar-refractivity contribution in [2.75, 3.05) is 21.2 Å². The van der Waals surface area contributed by atoms with Gasteiger partial charge in [-0.2, -0.15) is 0 Å². The molecule has 0 bridgehead atoms. The number of likely N-dealkylation sites (N-methyl/N-ethyl adjacent to an activating group) is 1. The summed E-state index contributed by atoms with van der Waals surface area (Å²) in [6.45, 7) is 0. The number of carbonyl (C=O) groups is 3. The molecular weight excluding hydrogens is 544 g/mol. The molecule has 0 aromatic heterocycles. The van der Waals surface area contributed by atoms with Gasteiger partial charge in [-0.25, -0.2) is 0 Å². The second-order valence-electron chi connectivity index (χ2n) is 11.1. The van der Waals surface area contributed by atoms with E-state index in [-0.39, 0.29) is 35.5 Å². The highest BCUT2D eigenvalue weighted by Gasteiger charge is 2.63. The predicted molar refractivity (Wildman–Crippen MR) is 151 cm³/mol. The van der Waals surface area contributed by atoms with Gasteiger partial charge >= 0.3 is 0 Å². The Labute approximate surface area is 241 Å². The van der Waals surface area contributed by atoms with E-state index in [1.807, 2.05) is 6.08 Å². The molecule has 4 atom stereocenters. The maximum absolute atomic E-state index is 13.8. The van der Waals surface area contributed by atoms with E-state index in [1.54, 1.807) is 38.4 Å². The molecule has 0 radical (unpaired) electrons. The number of nitrogens with two attached hydrogens (primary N) is 1. The van der Waals surface area contributed by atoms with Crippen LogP contribution in [0.15, 0.2) is 59.1 Å². The van der Waals surface area contributed by atoms with E-state index in [9.17, 15) is 39.9 Å². The van der Waals surface area contributed by atoms with Crippen molar-refractivity contribution < 1.29 is 44.7 Å². The van der Waals surface area contributed by atoms with Gasteiger partial charge in [0.15, 0.2) is 22.9 Å². The maximum atomic E-state index is 13.8. The average molecular weight is 577 g/mol. The number of allylic oxidation sites excluding steroid dienone is 2. The summed E-state index contributed by atoms with van der Waals surface area (Å²) in [4.78, 5) is 40.8. The Hall–Kier alpha value is -4.61. The number of ketones is 2. The number of rotatable bonds is 6. The number of fused-ring (bicyclic) bond motifs is 3. The van der Waals surface area contributed by atoms with Crippen molar-refractivity contribution in [2.45, 2.75) is 30.9 Å². The zero-order valence-electron chi connectivity index (χ0n) is 23.3. The zero-order valence-corrected chi connectivity index (χ0v) is 23.3. The van der Waals surface area contributed by atoms with Crippen LogP contribution in [0.4, 0.5) is 0 Å². The molecule has 11 nitrogen and oxygen atoms in total. The van der Waals surface area contributed by atoms with Crippen LogP contribution in [-0.4, -0.2) is 80.8 Å². The van der Waals surface area contributed by atoms with E-state index in [1.165, 1.54) is 24.1 Å². The van der Waals surface area contributed by atoms with Gasteiger partial charge in [0.25, 0.3) is 5.91 Å². The molecular formula is C31H32N2O9. The highest BCUT2D eigenvalue weighted by molar-refractivity contribution is 6.24. The first-order valence-corrected chi connectivity index (χ1v) is 13.3. The van der Waals surface area contributed by atoms with E-state index in [0.29, 0.717) is 23.3 Å². The number of amides is 1. The van der Waals surface area contributed by atoms with Crippen molar-refractivity contribution in [3.05, 3.63) is 81.3 Å². The summed E-state index contributed by atoms with van der Waals surface area (Å²) in [7, 11) is 4.62.